The monoisotopic (exact) mass is 510 g/mol. The van der Waals surface area contributed by atoms with E-state index in [1.54, 1.807) is 0 Å². The lowest BCUT2D eigenvalue weighted by atomic mass is 10.00. The zero-order valence-electron chi connectivity index (χ0n) is 21.5. The highest BCUT2D eigenvalue weighted by Gasteiger charge is 2.22. The molecule has 0 saturated carbocycles. The molecule has 0 radical (unpaired) electrons. The molecule has 4 nitrogen and oxygen atoms in total. The number of hydrogen-bond acceptors (Lipinski definition) is 2. The van der Waals surface area contributed by atoms with E-state index in [4.69, 9.17) is 9.97 Å². The Morgan fingerprint density at radius 3 is 2.17 bits per heavy atom. The van der Waals surface area contributed by atoms with Crippen LogP contribution < -0.4 is 0 Å². The number of rotatable bonds is 3. The van der Waals surface area contributed by atoms with Crippen molar-refractivity contribution in [2.24, 2.45) is 0 Å². The SMILES string of the molecule is c1ccc(-c2nc(-n3c4cccc5ccc6c7ccn(-c8ccccc8)c7cc3c6c54)nc3ccccc23)cc1. The number of fused-ring (bicyclic) bond motifs is 3. The highest BCUT2D eigenvalue weighted by Crippen LogP contribution is 2.42. The summed E-state index contributed by atoms with van der Waals surface area (Å²) in [5.74, 6) is 0.680. The molecule has 3 aromatic heterocycles. The highest BCUT2D eigenvalue weighted by molar-refractivity contribution is 6.29. The third kappa shape index (κ3) is 2.90. The summed E-state index contributed by atoms with van der Waals surface area (Å²) >= 11 is 0. The van der Waals surface area contributed by atoms with E-state index in [0.717, 1.165) is 44.4 Å². The Bertz CT molecular complexity index is 2360. The average molecular weight is 511 g/mol. The number of hydrogen-bond donors (Lipinski definition) is 0. The first-order valence-electron chi connectivity index (χ1n) is 13.5. The molecule has 9 rings (SSSR count). The van der Waals surface area contributed by atoms with Crippen LogP contribution in [0.2, 0.25) is 0 Å². The Kier molecular flexibility index (Phi) is 4.30. The predicted octanol–water partition coefficient (Wildman–Crippen LogP) is 8.93. The molecule has 0 fully saturated rings. The Labute approximate surface area is 229 Å². The van der Waals surface area contributed by atoms with Gasteiger partial charge < -0.3 is 4.57 Å². The second kappa shape index (κ2) is 8.01. The summed E-state index contributed by atoms with van der Waals surface area (Å²) in [5.41, 5.74) is 7.48. The molecule has 4 heteroatoms. The van der Waals surface area contributed by atoms with Crippen molar-refractivity contribution >= 4 is 54.4 Å². The second-order valence-corrected chi connectivity index (χ2v) is 10.3. The molecule has 0 aliphatic rings. The number of benzene rings is 6. The third-order valence-electron chi connectivity index (χ3n) is 8.12. The van der Waals surface area contributed by atoms with Crippen LogP contribution in [-0.2, 0) is 0 Å². The molecule has 0 atom stereocenters. The summed E-state index contributed by atoms with van der Waals surface area (Å²) in [6, 6.07) is 44.8. The molecule has 0 spiro atoms. The minimum atomic E-state index is 0.680. The van der Waals surface area contributed by atoms with Gasteiger partial charge in [-0.25, -0.2) is 9.97 Å². The van der Waals surface area contributed by atoms with Gasteiger partial charge >= 0.3 is 0 Å². The van der Waals surface area contributed by atoms with Gasteiger partial charge in [0.2, 0.25) is 5.95 Å². The Balaban J connectivity index is 1.45. The molecule has 6 aromatic carbocycles. The van der Waals surface area contributed by atoms with Gasteiger partial charge in [0.05, 0.1) is 27.8 Å². The number of nitrogens with zero attached hydrogens (tertiary/aromatic N) is 4. The van der Waals surface area contributed by atoms with Gasteiger partial charge in [-0.2, -0.15) is 0 Å². The van der Waals surface area contributed by atoms with E-state index < -0.39 is 0 Å². The van der Waals surface area contributed by atoms with Crippen LogP contribution in [0.1, 0.15) is 0 Å². The quantitative estimate of drug-likeness (QED) is 0.222. The van der Waals surface area contributed by atoms with Crippen LogP contribution in [0.4, 0.5) is 0 Å². The van der Waals surface area contributed by atoms with Gasteiger partial charge in [0.15, 0.2) is 0 Å². The Hall–Kier alpha value is -5.48. The van der Waals surface area contributed by atoms with Crippen LogP contribution in [0.3, 0.4) is 0 Å². The van der Waals surface area contributed by atoms with Gasteiger partial charge in [0.25, 0.3) is 0 Å². The number of para-hydroxylation sites is 2. The third-order valence-corrected chi connectivity index (χ3v) is 8.12. The molecule has 9 aromatic rings. The van der Waals surface area contributed by atoms with E-state index in [1.807, 2.05) is 12.1 Å². The van der Waals surface area contributed by atoms with E-state index in [2.05, 4.69) is 131 Å². The van der Waals surface area contributed by atoms with Crippen molar-refractivity contribution in [3.05, 3.63) is 134 Å². The lowest BCUT2D eigenvalue weighted by Gasteiger charge is -2.12. The fraction of sp³-hybridized carbons (Fsp3) is 0. The summed E-state index contributed by atoms with van der Waals surface area (Å²) in [5, 5.41) is 7.26. The van der Waals surface area contributed by atoms with Crippen molar-refractivity contribution < 1.29 is 0 Å². The molecule has 0 aliphatic carbocycles. The fourth-order valence-corrected chi connectivity index (χ4v) is 6.37. The van der Waals surface area contributed by atoms with E-state index in [9.17, 15) is 0 Å². The summed E-state index contributed by atoms with van der Waals surface area (Å²) in [6.45, 7) is 0. The normalized spacial score (nSPS) is 12.0. The predicted molar refractivity (Wildman–Crippen MR) is 165 cm³/mol. The van der Waals surface area contributed by atoms with Crippen molar-refractivity contribution in [2.45, 2.75) is 0 Å². The Morgan fingerprint density at radius 1 is 0.500 bits per heavy atom. The second-order valence-electron chi connectivity index (χ2n) is 10.3. The van der Waals surface area contributed by atoms with Crippen molar-refractivity contribution in [3.63, 3.8) is 0 Å². The maximum absolute atomic E-state index is 5.27. The molecular weight excluding hydrogens is 488 g/mol. The summed E-state index contributed by atoms with van der Waals surface area (Å²) in [6.07, 6.45) is 2.17. The molecule has 0 aliphatic heterocycles. The van der Waals surface area contributed by atoms with Crippen molar-refractivity contribution in [1.82, 2.24) is 19.1 Å². The summed E-state index contributed by atoms with van der Waals surface area (Å²) in [4.78, 5) is 10.4. The maximum atomic E-state index is 5.27. The lowest BCUT2D eigenvalue weighted by molar-refractivity contribution is 1.01. The van der Waals surface area contributed by atoms with E-state index in [0.29, 0.717) is 5.95 Å². The molecule has 0 bridgehead atoms. The largest absolute Gasteiger partial charge is 0.316 e. The van der Waals surface area contributed by atoms with E-state index in [-0.39, 0.29) is 0 Å². The zero-order chi connectivity index (χ0) is 26.2. The molecule has 186 valence electrons. The summed E-state index contributed by atoms with van der Waals surface area (Å²) < 4.78 is 4.53. The smallest absolute Gasteiger partial charge is 0.235 e. The van der Waals surface area contributed by atoms with Gasteiger partial charge in [0, 0.05) is 39.0 Å². The van der Waals surface area contributed by atoms with Gasteiger partial charge in [-0.3, -0.25) is 4.57 Å². The highest BCUT2D eigenvalue weighted by atomic mass is 15.2. The lowest BCUT2D eigenvalue weighted by Crippen LogP contribution is -2.03. The first kappa shape index (κ1) is 21.5. The van der Waals surface area contributed by atoms with Crippen LogP contribution in [0.25, 0.3) is 77.3 Å². The minimum absolute atomic E-state index is 0.680. The van der Waals surface area contributed by atoms with Gasteiger partial charge in [-0.1, -0.05) is 91.0 Å². The molecule has 0 unspecified atom stereocenters. The van der Waals surface area contributed by atoms with Crippen molar-refractivity contribution in [3.8, 4) is 22.9 Å². The van der Waals surface area contributed by atoms with E-state index in [1.165, 1.54) is 26.9 Å². The molecule has 0 N–H and O–H groups in total. The Morgan fingerprint density at radius 2 is 1.30 bits per heavy atom. The maximum Gasteiger partial charge on any atom is 0.235 e. The standard InChI is InChI=1S/C36H22N4/c1-3-10-24(11-4-1)35-28-15-7-8-16-29(28)37-36(38-35)40-30-17-9-12-23-18-19-27-26-20-21-39(25-13-5-2-6-14-25)31(26)22-32(40)34(27)33(23)30/h1-22H. The van der Waals surface area contributed by atoms with Crippen molar-refractivity contribution in [1.29, 1.82) is 0 Å². The molecule has 0 saturated heterocycles. The number of aromatic nitrogens is 4. The van der Waals surface area contributed by atoms with Gasteiger partial charge in [0.1, 0.15) is 0 Å². The van der Waals surface area contributed by atoms with Gasteiger partial charge in [-0.15, -0.1) is 0 Å². The van der Waals surface area contributed by atoms with Crippen LogP contribution in [-0.4, -0.2) is 19.1 Å². The average Bonchev–Trinajstić information content (AvgIpc) is 3.60. The topological polar surface area (TPSA) is 35.6 Å². The van der Waals surface area contributed by atoms with E-state index >= 15 is 0 Å². The molecular formula is C36H22N4. The fourth-order valence-electron chi connectivity index (χ4n) is 6.37. The van der Waals surface area contributed by atoms with Crippen molar-refractivity contribution in [2.75, 3.05) is 0 Å². The minimum Gasteiger partial charge on any atom is -0.316 e. The zero-order valence-corrected chi connectivity index (χ0v) is 21.5. The molecule has 0 amide bonds. The van der Waals surface area contributed by atoms with Gasteiger partial charge in [-0.05, 0) is 47.2 Å². The molecule has 40 heavy (non-hydrogen) atoms. The first-order valence-corrected chi connectivity index (χ1v) is 13.5. The van der Waals surface area contributed by atoms with Crippen LogP contribution in [0, 0.1) is 0 Å². The van der Waals surface area contributed by atoms with Crippen LogP contribution in [0.5, 0.6) is 0 Å². The first-order chi connectivity index (χ1) is 19.8. The summed E-state index contributed by atoms with van der Waals surface area (Å²) in [7, 11) is 0. The molecule has 3 heterocycles. The van der Waals surface area contributed by atoms with Crippen LogP contribution in [0.15, 0.2) is 134 Å². The van der Waals surface area contributed by atoms with Crippen LogP contribution >= 0.6 is 0 Å².